The van der Waals surface area contributed by atoms with Crippen molar-refractivity contribution in [2.75, 3.05) is 0 Å². The number of benzene rings is 1. The first-order valence-electron chi connectivity index (χ1n) is 6.65. The highest BCUT2D eigenvalue weighted by molar-refractivity contribution is 9.10. The molecule has 0 aliphatic rings. The van der Waals surface area contributed by atoms with Crippen LogP contribution in [0, 0.1) is 0 Å². The van der Waals surface area contributed by atoms with Crippen LogP contribution < -0.4 is 10.1 Å². The van der Waals surface area contributed by atoms with E-state index in [4.69, 9.17) is 16.3 Å². The molecule has 3 nitrogen and oxygen atoms in total. The van der Waals surface area contributed by atoms with Crippen molar-refractivity contribution in [3.05, 3.63) is 51.7 Å². The van der Waals surface area contributed by atoms with E-state index in [-0.39, 0.29) is 5.54 Å². The summed E-state index contributed by atoms with van der Waals surface area (Å²) in [6.07, 6.45) is 3.35. The number of rotatable bonds is 4. The number of hydrogen-bond acceptors (Lipinski definition) is 3. The summed E-state index contributed by atoms with van der Waals surface area (Å²) < 4.78 is 6.61. The maximum Gasteiger partial charge on any atom is 0.146 e. The number of halogens is 2. The first kappa shape index (κ1) is 16.3. The zero-order valence-corrected chi connectivity index (χ0v) is 14.6. The van der Waals surface area contributed by atoms with E-state index < -0.39 is 0 Å². The summed E-state index contributed by atoms with van der Waals surface area (Å²) in [5.41, 5.74) is 1.19. The van der Waals surface area contributed by atoms with Gasteiger partial charge in [-0.15, -0.1) is 0 Å². The second kappa shape index (κ2) is 6.77. The predicted molar refractivity (Wildman–Crippen MR) is 90.1 cm³/mol. The summed E-state index contributed by atoms with van der Waals surface area (Å²) in [5, 5.41) is 4.01. The van der Waals surface area contributed by atoms with Gasteiger partial charge in [-0.2, -0.15) is 0 Å². The van der Waals surface area contributed by atoms with E-state index in [1.54, 1.807) is 12.4 Å². The molecular formula is C16H18BrClN2O. The van der Waals surface area contributed by atoms with Crippen LogP contribution in [0.1, 0.15) is 26.3 Å². The molecule has 21 heavy (non-hydrogen) atoms. The van der Waals surface area contributed by atoms with Crippen molar-refractivity contribution in [2.45, 2.75) is 32.9 Å². The van der Waals surface area contributed by atoms with Gasteiger partial charge in [0.05, 0.1) is 11.2 Å². The Morgan fingerprint density at radius 1 is 1.24 bits per heavy atom. The molecule has 1 heterocycles. The van der Waals surface area contributed by atoms with Crippen molar-refractivity contribution in [3.63, 3.8) is 0 Å². The molecule has 0 aliphatic carbocycles. The van der Waals surface area contributed by atoms with Gasteiger partial charge in [-0.1, -0.05) is 17.7 Å². The second-order valence-electron chi connectivity index (χ2n) is 5.81. The fourth-order valence-corrected chi connectivity index (χ4v) is 2.27. The molecule has 0 fully saturated rings. The van der Waals surface area contributed by atoms with Gasteiger partial charge in [0, 0.05) is 22.8 Å². The van der Waals surface area contributed by atoms with Gasteiger partial charge in [-0.05, 0) is 60.5 Å². The molecule has 0 saturated heterocycles. The Balaban J connectivity index is 2.09. The zero-order valence-electron chi connectivity index (χ0n) is 12.3. The molecule has 0 spiro atoms. The van der Waals surface area contributed by atoms with Gasteiger partial charge in [0.1, 0.15) is 11.5 Å². The van der Waals surface area contributed by atoms with E-state index >= 15 is 0 Å². The van der Waals surface area contributed by atoms with Crippen LogP contribution in [0.2, 0.25) is 5.02 Å². The topological polar surface area (TPSA) is 34.1 Å². The summed E-state index contributed by atoms with van der Waals surface area (Å²) in [4.78, 5) is 4.06. The molecule has 2 aromatic rings. The zero-order chi connectivity index (χ0) is 15.5. The van der Waals surface area contributed by atoms with E-state index in [1.807, 2.05) is 24.3 Å². The fourth-order valence-electron chi connectivity index (χ4n) is 1.68. The molecular weight excluding hydrogens is 352 g/mol. The van der Waals surface area contributed by atoms with Crippen LogP contribution in [0.3, 0.4) is 0 Å². The first-order chi connectivity index (χ1) is 9.83. The van der Waals surface area contributed by atoms with Gasteiger partial charge in [0.15, 0.2) is 0 Å². The fraction of sp³-hybridized carbons (Fsp3) is 0.312. The van der Waals surface area contributed by atoms with E-state index in [1.165, 1.54) is 0 Å². The molecule has 0 atom stereocenters. The number of ether oxygens (including phenoxy) is 1. The van der Waals surface area contributed by atoms with Crippen LogP contribution >= 0.6 is 27.5 Å². The standard InChI is InChI=1S/C16H18BrClN2O/c1-16(2,3)20-8-11-4-5-15(14(18)6-11)21-13-7-12(17)9-19-10-13/h4-7,9-10,20H,8H2,1-3H3. The minimum absolute atomic E-state index is 0.0730. The Hall–Kier alpha value is -1.10. The number of aromatic nitrogens is 1. The lowest BCUT2D eigenvalue weighted by atomic mass is 10.1. The lowest BCUT2D eigenvalue weighted by molar-refractivity contribution is 0.424. The molecule has 1 aromatic heterocycles. The highest BCUT2D eigenvalue weighted by atomic mass is 79.9. The van der Waals surface area contributed by atoms with Crippen LogP contribution in [0.25, 0.3) is 0 Å². The molecule has 1 aromatic carbocycles. The van der Waals surface area contributed by atoms with Crippen molar-refractivity contribution in [2.24, 2.45) is 0 Å². The summed E-state index contributed by atoms with van der Waals surface area (Å²) in [5.74, 6) is 1.27. The van der Waals surface area contributed by atoms with Crippen molar-refractivity contribution < 1.29 is 4.74 Å². The third-order valence-corrected chi connectivity index (χ3v) is 3.46. The summed E-state index contributed by atoms with van der Waals surface area (Å²) in [6.45, 7) is 7.16. The van der Waals surface area contributed by atoms with Gasteiger partial charge in [0.25, 0.3) is 0 Å². The minimum Gasteiger partial charge on any atom is -0.454 e. The van der Waals surface area contributed by atoms with Gasteiger partial charge in [0.2, 0.25) is 0 Å². The quantitative estimate of drug-likeness (QED) is 0.806. The van der Waals surface area contributed by atoms with Gasteiger partial charge in [-0.25, -0.2) is 0 Å². The summed E-state index contributed by atoms with van der Waals surface area (Å²) in [7, 11) is 0. The molecule has 2 rings (SSSR count). The number of nitrogens with one attached hydrogen (secondary N) is 1. The largest absolute Gasteiger partial charge is 0.454 e. The van der Waals surface area contributed by atoms with Crippen molar-refractivity contribution in [1.82, 2.24) is 10.3 Å². The van der Waals surface area contributed by atoms with E-state index in [9.17, 15) is 0 Å². The van der Waals surface area contributed by atoms with Gasteiger partial charge < -0.3 is 10.1 Å². The Kier molecular flexibility index (Phi) is 5.25. The molecule has 0 amide bonds. The summed E-state index contributed by atoms with van der Waals surface area (Å²) in [6, 6.07) is 7.65. The number of nitrogens with zero attached hydrogens (tertiary/aromatic N) is 1. The van der Waals surface area contributed by atoms with Crippen LogP contribution in [-0.4, -0.2) is 10.5 Å². The molecule has 5 heteroatoms. The Morgan fingerprint density at radius 3 is 2.62 bits per heavy atom. The lowest BCUT2D eigenvalue weighted by Gasteiger charge is -2.20. The predicted octanol–water partition coefficient (Wildman–Crippen LogP) is 5.18. The SMILES string of the molecule is CC(C)(C)NCc1ccc(Oc2cncc(Br)c2)c(Cl)c1. The van der Waals surface area contributed by atoms with Crippen LogP contribution in [0.15, 0.2) is 41.1 Å². The molecule has 0 saturated carbocycles. The smallest absolute Gasteiger partial charge is 0.146 e. The van der Waals surface area contributed by atoms with Crippen LogP contribution in [-0.2, 0) is 6.54 Å². The minimum atomic E-state index is 0.0730. The van der Waals surface area contributed by atoms with Crippen molar-refractivity contribution >= 4 is 27.5 Å². The number of pyridine rings is 1. The van der Waals surface area contributed by atoms with Crippen LogP contribution in [0.4, 0.5) is 0 Å². The average Bonchev–Trinajstić information content (AvgIpc) is 2.38. The van der Waals surface area contributed by atoms with E-state index in [0.717, 1.165) is 16.6 Å². The highest BCUT2D eigenvalue weighted by Crippen LogP contribution is 2.30. The summed E-state index contributed by atoms with van der Waals surface area (Å²) >= 11 is 9.65. The van der Waals surface area contributed by atoms with Gasteiger partial charge in [-0.3, -0.25) is 4.98 Å². The maximum atomic E-state index is 6.28. The molecule has 1 N–H and O–H groups in total. The maximum absolute atomic E-state index is 6.28. The highest BCUT2D eigenvalue weighted by Gasteiger charge is 2.10. The second-order valence-corrected chi connectivity index (χ2v) is 7.13. The monoisotopic (exact) mass is 368 g/mol. The van der Waals surface area contributed by atoms with E-state index in [2.05, 4.69) is 47.0 Å². The lowest BCUT2D eigenvalue weighted by Crippen LogP contribution is -2.35. The van der Waals surface area contributed by atoms with E-state index in [0.29, 0.717) is 16.5 Å². The molecule has 0 aliphatic heterocycles. The Bertz CT molecular complexity index is 626. The third-order valence-electron chi connectivity index (χ3n) is 2.73. The molecule has 0 bridgehead atoms. The van der Waals surface area contributed by atoms with Crippen molar-refractivity contribution in [1.29, 1.82) is 0 Å². The third kappa shape index (κ3) is 5.30. The molecule has 112 valence electrons. The first-order valence-corrected chi connectivity index (χ1v) is 7.82. The molecule has 0 radical (unpaired) electrons. The van der Waals surface area contributed by atoms with Crippen LogP contribution in [0.5, 0.6) is 11.5 Å². The Morgan fingerprint density at radius 2 is 2.00 bits per heavy atom. The molecule has 0 unspecified atom stereocenters. The average molecular weight is 370 g/mol. The number of hydrogen-bond donors (Lipinski definition) is 1. The Labute approximate surface area is 138 Å². The normalized spacial score (nSPS) is 11.5. The van der Waals surface area contributed by atoms with Crippen molar-refractivity contribution in [3.8, 4) is 11.5 Å². The van der Waals surface area contributed by atoms with Gasteiger partial charge >= 0.3 is 0 Å².